The van der Waals surface area contributed by atoms with Crippen molar-refractivity contribution in [3.63, 3.8) is 0 Å². The minimum atomic E-state index is -1.94. The number of aliphatic hydroxyl groups is 3. The van der Waals surface area contributed by atoms with Gasteiger partial charge in [-0.3, -0.25) is 9.59 Å². The third kappa shape index (κ3) is 1.73. The number of epoxide rings is 1. The van der Waals surface area contributed by atoms with E-state index in [0.717, 1.165) is 18.4 Å². The summed E-state index contributed by atoms with van der Waals surface area (Å²) in [7, 11) is 0. The van der Waals surface area contributed by atoms with Crippen molar-refractivity contribution in [1.29, 1.82) is 0 Å². The standard InChI is InChI=1S/C21H26O6/c1-18-6-5-12(23)7-11(18)3-4-13-14-8-15(24)20(26,16(25)10-22)19(14,2)9-17-21(13,18)27-17/h5-7,13-15,17,22,24,26H,3-4,8-10H2,1-2H3/t13-,14-,15+,17-,18-,19-,20-,21-/m0/s1. The maximum Gasteiger partial charge on any atom is 0.192 e. The van der Waals surface area contributed by atoms with E-state index in [-0.39, 0.29) is 29.1 Å². The average molecular weight is 374 g/mol. The van der Waals surface area contributed by atoms with Gasteiger partial charge in [0.15, 0.2) is 17.2 Å². The smallest absolute Gasteiger partial charge is 0.192 e. The molecule has 4 fully saturated rings. The van der Waals surface area contributed by atoms with Crippen LogP contribution in [0.25, 0.3) is 0 Å². The molecule has 6 nitrogen and oxygen atoms in total. The first-order valence-electron chi connectivity index (χ1n) is 9.82. The third-order valence-electron chi connectivity index (χ3n) is 8.72. The van der Waals surface area contributed by atoms with E-state index in [1.165, 1.54) is 0 Å². The van der Waals surface area contributed by atoms with Gasteiger partial charge in [-0.1, -0.05) is 18.6 Å². The zero-order chi connectivity index (χ0) is 19.4. The predicted octanol–water partition coefficient (Wildman–Crippen LogP) is 0.689. The molecule has 0 bridgehead atoms. The Morgan fingerprint density at radius 1 is 1.33 bits per heavy atom. The zero-order valence-corrected chi connectivity index (χ0v) is 15.6. The van der Waals surface area contributed by atoms with Crippen LogP contribution < -0.4 is 0 Å². The summed E-state index contributed by atoms with van der Waals surface area (Å²) in [4.78, 5) is 24.3. The Morgan fingerprint density at radius 3 is 2.78 bits per heavy atom. The van der Waals surface area contributed by atoms with Crippen molar-refractivity contribution >= 4 is 11.6 Å². The first kappa shape index (κ1) is 17.7. The molecule has 3 saturated carbocycles. The number of rotatable bonds is 2. The summed E-state index contributed by atoms with van der Waals surface area (Å²) >= 11 is 0. The van der Waals surface area contributed by atoms with E-state index in [1.54, 1.807) is 12.2 Å². The summed E-state index contributed by atoms with van der Waals surface area (Å²) < 4.78 is 6.35. The highest BCUT2D eigenvalue weighted by Crippen LogP contribution is 2.75. The number of allylic oxidation sites excluding steroid dienone is 2. The number of fused-ring (bicyclic) bond motifs is 3. The van der Waals surface area contributed by atoms with Gasteiger partial charge in [0.2, 0.25) is 0 Å². The molecule has 0 amide bonds. The van der Waals surface area contributed by atoms with Crippen molar-refractivity contribution in [3.05, 3.63) is 23.8 Å². The van der Waals surface area contributed by atoms with Crippen molar-refractivity contribution in [2.75, 3.05) is 6.61 Å². The number of carbonyl (C=O) groups is 2. The molecular formula is C21H26O6. The molecule has 5 aliphatic rings. The largest absolute Gasteiger partial charge is 0.390 e. The van der Waals surface area contributed by atoms with Gasteiger partial charge in [-0.05, 0) is 56.6 Å². The van der Waals surface area contributed by atoms with Gasteiger partial charge in [0.05, 0.1) is 12.2 Å². The van der Waals surface area contributed by atoms with Crippen LogP contribution in [0, 0.1) is 22.7 Å². The Labute approximate surface area is 157 Å². The molecule has 0 radical (unpaired) electrons. The van der Waals surface area contributed by atoms with E-state index in [2.05, 4.69) is 6.92 Å². The van der Waals surface area contributed by atoms with Gasteiger partial charge in [0.25, 0.3) is 0 Å². The Kier molecular flexibility index (Phi) is 3.27. The second-order valence-corrected chi connectivity index (χ2v) is 9.48. The van der Waals surface area contributed by atoms with Crippen LogP contribution in [0.5, 0.6) is 0 Å². The molecule has 8 atom stereocenters. The normalized spacial score (nSPS) is 55.1. The fourth-order valence-electron chi connectivity index (χ4n) is 7.29. The molecule has 0 aromatic heterocycles. The molecule has 1 aliphatic heterocycles. The van der Waals surface area contributed by atoms with E-state index in [4.69, 9.17) is 4.74 Å². The molecule has 5 rings (SSSR count). The monoisotopic (exact) mass is 374 g/mol. The molecule has 4 aliphatic carbocycles. The lowest BCUT2D eigenvalue weighted by Crippen LogP contribution is -2.63. The van der Waals surface area contributed by atoms with Gasteiger partial charge in [-0.25, -0.2) is 0 Å². The van der Waals surface area contributed by atoms with Gasteiger partial charge in [-0.2, -0.15) is 0 Å². The highest BCUT2D eigenvalue weighted by Gasteiger charge is 2.82. The lowest BCUT2D eigenvalue weighted by molar-refractivity contribution is -0.173. The first-order chi connectivity index (χ1) is 12.6. The fourth-order valence-corrected chi connectivity index (χ4v) is 7.29. The first-order valence-corrected chi connectivity index (χ1v) is 9.82. The number of ether oxygens (including phenoxy) is 1. The second-order valence-electron chi connectivity index (χ2n) is 9.48. The molecule has 0 unspecified atom stereocenters. The van der Waals surface area contributed by atoms with Crippen LogP contribution in [0.4, 0.5) is 0 Å². The van der Waals surface area contributed by atoms with Crippen LogP contribution in [0.15, 0.2) is 23.8 Å². The van der Waals surface area contributed by atoms with E-state index in [9.17, 15) is 24.9 Å². The molecule has 0 aromatic rings. The van der Waals surface area contributed by atoms with E-state index in [0.29, 0.717) is 12.8 Å². The molecule has 1 heterocycles. The van der Waals surface area contributed by atoms with E-state index < -0.39 is 35.1 Å². The third-order valence-corrected chi connectivity index (χ3v) is 8.72. The van der Waals surface area contributed by atoms with Crippen LogP contribution in [-0.4, -0.2) is 56.9 Å². The maximum atomic E-state index is 12.5. The van der Waals surface area contributed by atoms with Crippen LogP contribution >= 0.6 is 0 Å². The minimum Gasteiger partial charge on any atom is -0.390 e. The SMILES string of the molecule is C[C@]12C=CC(=O)C=C1CC[C@H]1[C@@H]3C[C@@H](O)[C@](O)(C(=O)CO)[C@@]3(C)C[C@@H]3O[C@]312. The average Bonchev–Trinajstić information content (AvgIpc) is 3.31. The highest BCUT2D eigenvalue weighted by atomic mass is 16.6. The molecule has 146 valence electrons. The minimum absolute atomic E-state index is 0.00868. The summed E-state index contributed by atoms with van der Waals surface area (Å²) in [5.41, 5.74) is -2.50. The van der Waals surface area contributed by atoms with Gasteiger partial charge in [0, 0.05) is 10.8 Å². The zero-order valence-electron chi connectivity index (χ0n) is 15.6. The van der Waals surface area contributed by atoms with Crippen molar-refractivity contribution in [3.8, 4) is 0 Å². The summed E-state index contributed by atoms with van der Waals surface area (Å²) in [6.07, 6.45) is 6.33. The number of hydrogen-bond acceptors (Lipinski definition) is 6. The summed E-state index contributed by atoms with van der Waals surface area (Å²) in [5.74, 6) is -0.708. The molecule has 3 N–H and O–H groups in total. The summed E-state index contributed by atoms with van der Waals surface area (Å²) in [6, 6.07) is 0. The van der Waals surface area contributed by atoms with Gasteiger partial charge in [-0.15, -0.1) is 0 Å². The van der Waals surface area contributed by atoms with Crippen LogP contribution in [-0.2, 0) is 14.3 Å². The van der Waals surface area contributed by atoms with Crippen molar-refractivity contribution in [1.82, 2.24) is 0 Å². The summed E-state index contributed by atoms with van der Waals surface area (Å²) in [5, 5.41) is 31.3. The predicted molar refractivity (Wildman–Crippen MR) is 94.5 cm³/mol. The number of aliphatic hydroxyl groups excluding tert-OH is 2. The maximum absolute atomic E-state index is 12.5. The number of carbonyl (C=O) groups excluding carboxylic acids is 2. The Balaban J connectivity index is 1.60. The van der Waals surface area contributed by atoms with Crippen molar-refractivity contribution < 1.29 is 29.6 Å². The van der Waals surface area contributed by atoms with Crippen molar-refractivity contribution in [2.45, 2.75) is 62.9 Å². The second kappa shape index (κ2) is 4.98. The molecule has 1 saturated heterocycles. The van der Waals surface area contributed by atoms with Gasteiger partial charge in [0.1, 0.15) is 12.2 Å². The molecular weight excluding hydrogens is 348 g/mol. The van der Waals surface area contributed by atoms with E-state index in [1.807, 2.05) is 13.0 Å². The molecule has 1 spiro atoms. The van der Waals surface area contributed by atoms with E-state index >= 15 is 0 Å². The Hall–Kier alpha value is -1.34. The quantitative estimate of drug-likeness (QED) is 0.614. The van der Waals surface area contributed by atoms with Crippen LogP contribution in [0.3, 0.4) is 0 Å². The number of Topliss-reactive ketones (excluding diaryl/α,β-unsaturated/α-hetero) is 1. The molecule has 27 heavy (non-hydrogen) atoms. The lowest BCUT2D eigenvalue weighted by atomic mass is 9.47. The van der Waals surface area contributed by atoms with Crippen LogP contribution in [0.1, 0.15) is 39.5 Å². The topological polar surface area (TPSA) is 107 Å². The van der Waals surface area contributed by atoms with Gasteiger partial charge < -0.3 is 20.1 Å². The fraction of sp³-hybridized carbons (Fsp3) is 0.714. The molecule has 0 aromatic carbocycles. The number of hydrogen-bond donors (Lipinski definition) is 3. The number of ketones is 2. The molecule has 6 heteroatoms. The van der Waals surface area contributed by atoms with Gasteiger partial charge >= 0.3 is 0 Å². The summed E-state index contributed by atoms with van der Waals surface area (Å²) in [6.45, 7) is 3.20. The highest BCUT2D eigenvalue weighted by molar-refractivity contribution is 6.01. The lowest BCUT2D eigenvalue weighted by Gasteiger charge is -2.55. The Morgan fingerprint density at radius 2 is 2.07 bits per heavy atom. The van der Waals surface area contributed by atoms with Crippen molar-refractivity contribution in [2.24, 2.45) is 22.7 Å². The Bertz CT molecular complexity index is 815. The van der Waals surface area contributed by atoms with Crippen LogP contribution in [0.2, 0.25) is 0 Å².